The highest BCUT2D eigenvalue weighted by atomic mass is 32.1. The number of anilines is 1. The quantitative estimate of drug-likeness (QED) is 0.528. The first-order valence-corrected chi connectivity index (χ1v) is 9.52. The molecule has 6 heteroatoms. The lowest BCUT2D eigenvalue weighted by atomic mass is 10.1. The van der Waals surface area contributed by atoms with E-state index in [9.17, 15) is 9.59 Å². The summed E-state index contributed by atoms with van der Waals surface area (Å²) in [4.78, 5) is 30.3. The Hall–Kier alpha value is -2.44. The molecule has 0 radical (unpaired) electrons. The van der Waals surface area contributed by atoms with Crippen LogP contribution in [0.15, 0.2) is 53.5 Å². The minimum atomic E-state index is -0.236. The summed E-state index contributed by atoms with van der Waals surface area (Å²) in [5, 5.41) is 1.92. The first kappa shape index (κ1) is 18.4. The smallest absolute Gasteiger partial charge is 0.278 e. The molecule has 1 aliphatic heterocycles. The van der Waals surface area contributed by atoms with E-state index in [1.54, 1.807) is 7.11 Å². The van der Waals surface area contributed by atoms with Crippen LogP contribution in [0, 0.1) is 0 Å². The van der Waals surface area contributed by atoms with Gasteiger partial charge in [-0.3, -0.25) is 14.5 Å². The molecule has 0 bridgehead atoms. The molecule has 1 aromatic carbocycles. The van der Waals surface area contributed by atoms with Crippen LogP contribution >= 0.6 is 11.3 Å². The summed E-state index contributed by atoms with van der Waals surface area (Å²) >= 11 is 1.47. The van der Waals surface area contributed by atoms with E-state index in [1.807, 2.05) is 59.7 Å². The van der Waals surface area contributed by atoms with Gasteiger partial charge in [0.05, 0.1) is 5.57 Å². The fourth-order valence-corrected chi connectivity index (χ4v) is 3.87. The molecule has 26 heavy (non-hydrogen) atoms. The Bertz CT molecular complexity index is 800. The van der Waals surface area contributed by atoms with Crippen molar-refractivity contribution in [3.05, 3.63) is 58.4 Å². The summed E-state index contributed by atoms with van der Waals surface area (Å²) in [5.74, 6) is -0.460. The summed E-state index contributed by atoms with van der Waals surface area (Å²) < 4.78 is 5.06. The number of carbonyl (C=O) groups is 2. The van der Waals surface area contributed by atoms with Crippen molar-refractivity contribution in [3.8, 4) is 0 Å². The number of thiophene rings is 1. The van der Waals surface area contributed by atoms with Crippen LogP contribution in [0.4, 0.5) is 5.69 Å². The van der Waals surface area contributed by atoms with Gasteiger partial charge in [-0.2, -0.15) is 0 Å². The van der Waals surface area contributed by atoms with Gasteiger partial charge in [-0.25, -0.2) is 0 Å². The predicted molar refractivity (Wildman–Crippen MR) is 104 cm³/mol. The van der Waals surface area contributed by atoms with Crippen molar-refractivity contribution in [3.63, 3.8) is 0 Å². The molecule has 0 saturated heterocycles. The molecular weight excluding hydrogens is 348 g/mol. The van der Waals surface area contributed by atoms with Crippen molar-refractivity contribution in [2.45, 2.75) is 13.3 Å². The predicted octanol–water partition coefficient (Wildman–Crippen LogP) is 3.39. The molecule has 1 aromatic heterocycles. The maximum atomic E-state index is 13.2. The largest absolute Gasteiger partial charge is 0.385 e. The van der Waals surface area contributed by atoms with E-state index in [-0.39, 0.29) is 11.8 Å². The molecule has 0 fully saturated rings. The number of nitrogens with zero attached hydrogens (tertiary/aromatic N) is 2. The molecule has 2 amide bonds. The van der Waals surface area contributed by atoms with Gasteiger partial charge in [0.15, 0.2) is 0 Å². The van der Waals surface area contributed by atoms with E-state index < -0.39 is 0 Å². The fraction of sp³-hybridized carbons (Fsp3) is 0.300. The topological polar surface area (TPSA) is 49.9 Å². The summed E-state index contributed by atoms with van der Waals surface area (Å²) in [6.45, 7) is 3.45. The van der Waals surface area contributed by atoms with Gasteiger partial charge in [0.1, 0.15) is 5.70 Å². The minimum Gasteiger partial charge on any atom is -0.385 e. The van der Waals surface area contributed by atoms with Crippen LogP contribution in [0.3, 0.4) is 0 Å². The monoisotopic (exact) mass is 370 g/mol. The van der Waals surface area contributed by atoms with Crippen LogP contribution in [-0.2, 0) is 14.3 Å². The molecule has 0 spiro atoms. The summed E-state index contributed by atoms with van der Waals surface area (Å²) in [7, 11) is 1.61. The zero-order chi connectivity index (χ0) is 18.5. The minimum absolute atomic E-state index is 0.224. The van der Waals surface area contributed by atoms with Gasteiger partial charge in [0.2, 0.25) is 0 Å². The number of benzene rings is 1. The number of ether oxygens (including phenoxy) is 1. The van der Waals surface area contributed by atoms with Crippen LogP contribution in [-0.4, -0.2) is 43.5 Å². The second-order valence-corrected chi connectivity index (χ2v) is 6.84. The number of imide groups is 1. The number of hydrogen-bond donors (Lipinski definition) is 0. The van der Waals surface area contributed by atoms with E-state index in [1.165, 1.54) is 16.2 Å². The number of hydrogen-bond acceptors (Lipinski definition) is 5. The van der Waals surface area contributed by atoms with Crippen LogP contribution < -0.4 is 4.90 Å². The number of likely N-dealkylation sites (N-methyl/N-ethyl adjacent to an activating group) is 1. The molecule has 0 unspecified atom stereocenters. The van der Waals surface area contributed by atoms with Gasteiger partial charge < -0.3 is 9.64 Å². The summed E-state index contributed by atoms with van der Waals surface area (Å²) in [6, 6.07) is 13.5. The van der Waals surface area contributed by atoms with Crippen molar-refractivity contribution < 1.29 is 14.3 Å². The first-order valence-electron chi connectivity index (χ1n) is 8.65. The molecule has 0 saturated carbocycles. The summed E-state index contributed by atoms with van der Waals surface area (Å²) in [6.07, 6.45) is 0.621. The second kappa shape index (κ2) is 8.29. The Morgan fingerprint density at radius 1 is 1.08 bits per heavy atom. The maximum Gasteiger partial charge on any atom is 0.278 e. The van der Waals surface area contributed by atoms with Crippen molar-refractivity contribution in [2.75, 3.05) is 31.7 Å². The number of amides is 2. The van der Waals surface area contributed by atoms with Gasteiger partial charge in [-0.15, -0.1) is 11.3 Å². The third kappa shape index (κ3) is 3.43. The second-order valence-electron chi connectivity index (χ2n) is 5.89. The Morgan fingerprint density at radius 2 is 1.85 bits per heavy atom. The van der Waals surface area contributed by atoms with Crippen molar-refractivity contribution in [2.24, 2.45) is 0 Å². The molecule has 5 nitrogen and oxygen atoms in total. The average Bonchev–Trinajstić information content (AvgIpc) is 3.26. The Morgan fingerprint density at radius 3 is 2.46 bits per heavy atom. The van der Waals surface area contributed by atoms with Gasteiger partial charge >= 0.3 is 0 Å². The Kier molecular flexibility index (Phi) is 5.85. The fourth-order valence-electron chi connectivity index (χ4n) is 3.10. The standard InChI is InChI=1S/C20H22N2O3S/c1-3-21(15-9-5-4-6-10-15)18-17(16-11-7-14-26-16)19(23)22(20(18)24)12-8-13-25-2/h4-7,9-11,14H,3,8,12-13H2,1-2H3. The van der Waals surface area contributed by atoms with Crippen LogP contribution in [0.5, 0.6) is 0 Å². The lowest BCUT2D eigenvalue weighted by molar-refractivity contribution is -0.137. The number of methoxy groups -OCH3 is 1. The average molecular weight is 370 g/mol. The molecule has 0 aliphatic carbocycles. The summed E-state index contributed by atoms with van der Waals surface area (Å²) in [5.41, 5.74) is 1.86. The first-order chi connectivity index (χ1) is 12.7. The molecule has 3 rings (SSSR count). The lowest BCUT2D eigenvalue weighted by Gasteiger charge is -2.24. The van der Waals surface area contributed by atoms with Crippen LogP contribution in [0.1, 0.15) is 18.2 Å². The van der Waals surface area contributed by atoms with Crippen molar-refractivity contribution in [1.29, 1.82) is 0 Å². The van der Waals surface area contributed by atoms with Crippen LogP contribution in [0.2, 0.25) is 0 Å². The normalized spacial score (nSPS) is 14.5. The van der Waals surface area contributed by atoms with Gasteiger partial charge in [0, 0.05) is 37.4 Å². The van der Waals surface area contributed by atoms with Gasteiger partial charge in [-0.1, -0.05) is 24.3 Å². The molecule has 0 N–H and O–H groups in total. The Labute approximate surface area is 157 Å². The van der Waals surface area contributed by atoms with Crippen LogP contribution in [0.25, 0.3) is 5.57 Å². The number of para-hydroxylation sites is 1. The molecule has 0 atom stereocenters. The third-order valence-corrected chi connectivity index (χ3v) is 5.18. The van der Waals surface area contributed by atoms with E-state index in [2.05, 4.69) is 0 Å². The van der Waals surface area contributed by atoms with E-state index >= 15 is 0 Å². The van der Waals surface area contributed by atoms with Crippen molar-refractivity contribution in [1.82, 2.24) is 4.90 Å². The molecular formula is C20H22N2O3S. The third-order valence-electron chi connectivity index (χ3n) is 4.30. The van der Waals surface area contributed by atoms with Crippen molar-refractivity contribution >= 4 is 34.4 Å². The highest BCUT2D eigenvalue weighted by Gasteiger charge is 2.41. The number of carbonyl (C=O) groups excluding carboxylic acids is 2. The maximum absolute atomic E-state index is 13.2. The molecule has 136 valence electrons. The molecule has 1 aliphatic rings. The zero-order valence-electron chi connectivity index (χ0n) is 15.0. The highest BCUT2D eigenvalue weighted by Crippen LogP contribution is 2.35. The van der Waals surface area contributed by atoms with E-state index in [4.69, 9.17) is 4.74 Å². The van der Waals surface area contributed by atoms with E-state index in [0.29, 0.717) is 37.4 Å². The zero-order valence-corrected chi connectivity index (χ0v) is 15.8. The Balaban J connectivity index is 2.04. The lowest BCUT2D eigenvalue weighted by Crippen LogP contribution is -2.36. The van der Waals surface area contributed by atoms with Gasteiger partial charge in [-0.05, 0) is 36.9 Å². The SMILES string of the molecule is CCN(C1=C(c2cccs2)C(=O)N(CCCOC)C1=O)c1ccccc1. The molecule has 2 heterocycles. The van der Waals surface area contributed by atoms with Gasteiger partial charge in [0.25, 0.3) is 11.8 Å². The molecule has 2 aromatic rings. The van der Waals surface area contributed by atoms with E-state index in [0.717, 1.165) is 10.6 Å². The number of rotatable bonds is 8. The highest BCUT2D eigenvalue weighted by molar-refractivity contribution is 7.11.